The zero-order chi connectivity index (χ0) is 19.4. The summed E-state index contributed by atoms with van der Waals surface area (Å²) in [6, 6.07) is 9.40. The summed E-state index contributed by atoms with van der Waals surface area (Å²) in [5, 5.41) is 1.30. The van der Waals surface area contributed by atoms with Gasteiger partial charge < -0.3 is 14.4 Å². The molecule has 6 nitrogen and oxygen atoms in total. The molecule has 1 amide bonds. The second kappa shape index (κ2) is 8.80. The molecule has 0 radical (unpaired) electrons. The number of carbonyl (C=O) groups is 1. The minimum Gasteiger partial charge on any atom is -0.368 e. The van der Waals surface area contributed by atoms with Gasteiger partial charge in [-0.15, -0.1) is 0 Å². The van der Waals surface area contributed by atoms with E-state index in [2.05, 4.69) is 9.88 Å². The van der Waals surface area contributed by atoms with E-state index in [0.717, 1.165) is 18.8 Å². The van der Waals surface area contributed by atoms with Gasteiger partial charge in [0.2, 0.25) is 5.91 Å². The minimum absolute atomic E-state index is 0.0687. The van der Waals surface area contributed by atoms with Crippen LogP contribution in [0.1, 0.15) is 19.9 Å². The third-order valence-electron chi connectivity index (χ3n) is 4.49. The third-order valence-corrected chi connectivity index (χ3v) is 5.68. The predicted octanol–water partition coefficient (Wildman–Crippen LogP) is 2.92. The van der Waals surface area contributed by atoms with Crippen LogP contribution in [0.5, 0.6) is 0 Å². The maximum atomic E-state index is 12.6. The SMILES string of the molecule is CC(C)n1ccc(=O)nc1SCC(=O)N1CCN(c2cccc(Cl)c2)CC1. The first-order valence-corrected chi connectivity index (χ1v) is 10.3. The fourth-order valence-corrected chi connectivity index (χ4v) is 4.20. The van der Waals surface area contributed by atoms with Crippen molar-refractivity contribution >= 4 is 35.0 Å². The fourth-order valence-electron chi connectivity index (χ4n) is 3.00. The molecule has 2 aromatic rings. The van der Waals surface area contributed by atoms with Crippen molar-refractivity contribution in [2.45, 2.75) is 25.0 Å². The Kier molecular flexibility index (Phi) is 6.44. The van der Waals surface area contributed by atoms with Crippen molar-refractivity contribution in [3.63, 3.8) is 0 Å². The van der Waals surface area contributed by atoms with E-state index < -0.39 is 0 Å². The molecular weight excluding hydrogens is 384 g/mol. The molecule has 1 aliphatic rings. The molecule has 1 aromatic heterocycles. The van der Waals surface area contributed by atoms with Crippen molar-refractivity contribution in [2.24, 2.45) is 0 Å². The lowest BCUT2D eigenvalue weighted by Crippen LogP contribution is -2.49. The summed E-state index contributed by atoms with van der Waals surface area (Å²) in [5.74, 6) is 0.347. The van der Waals surface area contributed by atoms with Crippen LogP contribution in [0.25, 0.3) is 0 Å². The zero-order valence-electron chi connectivity index (χ0n) is 15.5. The number of hydrogen-bond donors (Lipinski definition) is 0. The van der Waals surface area contributed by atoms with Gasteiger partial charge in [-0.2, -0.15) is 4.98 Å². The maximum Gasteiger partial charge on any atom is 0.273 e. The van der Waals surface area contributed by atoms with Gasteiger partial charge >= 0.3 is 0 Å². The van der Waals surface area contributed by atoms with E-state index >= 15 is 0 Å². The Balaban J connectivity index is 1.56. The van der Waals surface area contributed by atoms with Crippen LogP contribution < -0.4 is 10.5 Å². The molecule has 0 atom stereocenters. The normalized spacial score (nSPS) is 14.7. The average molecular weight is 407 g/mol. The molecule has 27 heavy (non-hydrogen) atoms. The Bertz CT molecular complexity index is 863. The molecular formula is C19H23ClN4O2S. The third kappa shape index (κ3) is 5.05. The molecule has 1 saturated heterocycles. The first-order valence-electron chi connectivity index (χ1n) is 8.94. The standard InChI is InChI=1S/C19H23ClN4O2S/c1-14(2)24-7-6-17(25)21-19(24)27-13-18(26)23-10-8-22(9-11-23)16-5-3-4-15(20)12-16/h3-7,12,14H,8-11,13H2,1-2H3. The maximum absolute atomic E-state index is 12.6. The highest BCUT2D eigenvalue weighted by Gasteiger charge is 2.22. The summed E-state index contributed by atoms with van der Waals surface area (Å²) in [4.78, 5) is 32.3. The monoisotopic (exact) mass is 406 g/mol. The number of piperazine rings is 1. The number of carbonyl (C=O) groups excluding carboxylic acids is 1. The van der Waals surface area contributed by atoms with Crippen LogP contribution in [0.2, 0.25) is 5.02 Å². The van der Waals surface area contributed by atoms with Gasteiger partial charge in [0.25, 0.3) is 5.56 Å². The predicted molar refractivity (Wildman–Crippen MR) is 110 cm³/mol. The van der Waals surface area contributed by atoms with Crippen molar-refractivity contribution in [2.75, 3.05) is 36.8 Å². The highest BCUT2D eigenvalue weighted by atomic mass is 35.5. The first kappa shape index (κ1) is 19.8. The average Bonchev–Trinajstić information content (AvgIpc) is 2.66. The van der Waals surface area contributed by atoms with Crippen LogP contribution in [0, 0.1) is 0 Å². The number of anilines is 1. The molecule has 8 heteroatoms. The Morgan fingerprint density at radius 1 is 1.22 bits per heavy atom. The number of rotatable bonds is 5. The van der Waals surface area contributed by atoms with Crippen LogP contribution in [-0.4, -0.2) is 52.3 Å². The van der Waals surface area contributed by atoms with Crippen molar-refractivity contribution in [1.82, 2.24) is 14.5 Å². The molecule has 0 bridgehead atoms. The smallest absolute Gasteiger partial charge is 0.273 e. The Morgan fingerprint density at radius 3 is 2.63 bits per heavy atom. The molecule has 0 spiro atoms. The molecule has 1 aliphatic heterocycles. The van der Waals surface area contributed by atoms with E-state index in [9.17, 15) is 9.59 Å². The van der Waals surface area contributed by atoms with E-state index in [0.29, 0.717) is 23.3 Å². The number of amides is 1. The highest BCUT2D eigenvalue weighted by Crippen LogP contribution is 2.22. The van der Waals surface area contributed by atoms with Gasteiger partial charge in [0.1, 0.15) is 0 Å². The number of benzene rings is 1. The second-order valence-electron chi connectivity index (χ2n) is 6.69. The lowest BCUT2D eigenvalue weighted by molar-refractivity contribution is -0.128. The van der Waals surface area contributed by atoms with Crippen molar-refractivity contribution in [1.29, 1.82) is 0 Å². The second-order valence-corrected chi connectivity index (χ2v) is 8.06. The van der Waals surface area contributed by atoms with Gasteiger partial charge in [-0.3, -0.25) is 9.59 Å². The van der Waals surface area contributed by atoms with Crippen molar-refractivity contribution in [3.05, 3.63) is 51.9 Å². The summed E-state index contributed by atoms with van der Waals surface area (Å²) in [7, 11) is 0. The molecule has 1 aromatic carbocycles. The van der Waals surface area contributed by atoms with Crippen LogP contribution in [-0.2, 0) is 4.79 Å². The van der Waals surface area contributed by atoms with Crippen molar-refractivity contribution in [3.8, 4) is 0 Å². The Labute approximate surface area is 168 Å². The van der Waals surface area contributed by atoms with Crippen LogP contribution in [0.4, 0.5) is 5.69 Å². The molecule has 0 saturated carbocycles. The Morgan fingerprint density at radius 2 is 1.96 bits per heavy atom. The fraction of sp³-hybridized carbons (Fsp3) is 0.421. The van der Waals surface area contributed by atoms with E-state index in [-0.39, 0.29) is 23.3 Å². The summed E-state index contributed by atoms with van der Waals surface area (Å²) in [5.41, 5.74) is 0.801. The molecule has 144 valence electrons. The van der Waals surface area contributed by atoms with Gasteiger partial charge in [0.05, 0.1) is 5.75 Å². The highest BCUT2D eigenvalue weighted by molar-refractivity contribution is 7.99. The number of halogens is 1. The molecule has 0 N–H and O–H groups in total. The van der Waals surface area contributed by atoms with E-state index in [1.807, 2.05) is 47.6 Å². The lowest BCUT2D eigenvalue weighted by Gasteiger charge is -2.36. The largest absolute Gasteiger partial charge is 0.368 e. The molecule has 2 heterocycles. The molecule has 0 aliphatic carbocycles. The van der Waals surface area contributed by atoms with Crippen LogP contribution >= 0.6 is 23.4 Å². The van der Waals surface area contributed by atoms with Gasteiger partial charge in [0.15, 0.2) is 5.16 Å². The summed E-state index contributed by atoms with van der Waals surface area (Å²) in [6.45, 7) is 6.94. The lowest BCUT2D eigenvalue weighted by atomic mass is 10.2. The quantitative estimate of drug-likeness (QED) is 0.564. The number of thioether (sulfide) groups is 1. The summed E-state index contributed by atoms with van der Waals surface area (Å²) >= 11 is 7.38. The molecule has 0 unspecified atom stereocenters. The topological polar surface area (TPSA) is 58.4 Å². The van der Waals surface area contributed by atoms with Gasteiger partial charge in [-0.25, -0.2) is 0 Å². The number of nitrogens with zero attached hydrogens (tertiary/aromatic N) is 4. The molecule has 1 fully saturated rings. The Hall–Kier alpha value is -1.99. The summed E-state index contributed by atoms with van der Waals surface area (Å²) in [6.07, 6.45) is 1.73. The first-order chi connectivity index (χ1) is 12.9. The minimum atomic E-state index is -0.281. The summed E-state index contributed by atoms with van der Waals surface area (Å²) < 4.78 is 1.91. The molecule has 3 rings (SSSR count). The van der Waals surface area contributed by atoms with Crippen LogP contribution in [0.3, 0.4) is 0 Å². The van der Waals surface area contributed by atoms with E-state index in [1.165, 1.54) is 17.8 Å². The van der Waals surface area contributed by atoms with Gasteiger partial charge in [-0.05, 0) is 32.0 Å². The van der Waals surface area contributed by atoms with Crippen molar-refractivity contribution < 1.29 is 4.79 Å². The van der Waals surface area contributed by atoms with E-state index in [1.54, 1.807) is 6.20 Å². The van der Waals surface area contributed by atoms with Gasteiger partial charge in [0, 0.05) is 55.2 Å². The zero-order valence-corrected chi connectivity index (χ0v) is 17.0. The number of hydrogen-bond acceptors (Lipinski definition) is 5. The number of aromatic nitrogens is 2. The van der Waals surface area contributed by atoms with Gasteiger partial charge in [-0.1, -0.05) is 29.4 Å². The van der Waals surface area contributed by atoms with E-state index in [4.69, 9.17) is 11.6 Å². The van der Waals surface area contributed by atoms with Crippen LogP contribution in [0.15, 0.2) is 46.5 Å².